The third kappa shape index (κ3) is 6.71. The summed E-state index contributed by atoms with van der Waals surface area (Å²) in [6.07, 6.45) is 3.95. The third-order valence-electron chi connectivity index (χ3n) is 7.38. The van der Waals surface area contributed by atoms with Gasteiger partial charge < -0.3 is 24.4 Å². The van der Waals surface area contributed by atoms with Crippen LogP contribution in [0.25, 0.3) is 22.9 Å². The van der Waals surface area contributed by atoms with Gasteiger partial charge in [0.15, 0.2) is 11.4 Å². The molecular formula is C33H27Br2N5O6. The summed E-state index contributed by atoms with van der Waals surface area (Å²) in [5.41, 5.74) is 1.70. The number of rotatable bonds is 12. The molecule has 0 saturated carbocycles. The first kappa shape index (κ1) is 31.5. The van der Waals surface area contributed by atoms with Gasteiger partial charge in [-0.05, 0) is 69.4 Å². The standard InChI is InChI=1S/C33H27Br2N5O6/c1-40(12-4-10-36-22-16-24(41)26-30(28(22)43)45-32(38-26)18-6-2-8-20(34)14-18)13-5-11-37-23-17-25(42)27-31(29(23)44)46-33(39-27)19-7-3-9-21(35)15-19/h2-3,6-9,14-17,36-37H,4-5,10-13H2,1H3. The van der Waals surface area contributed by atoms with Crippen LogP contribution in [-0.4, -0.2) is 71.2 Å². The van der Waals surface area contributed by atoms with E-state index in [1.165, 1.54) is 12.2 Å². The number of fused-ring (bicyclic) bond motifs is 2. The molecule has 6 rings (SSSR count). The summed E-state index contributed by atoms with van der Waals surface area (Å²) < 4.78 is 13.1. The highest BCUT2D eigenvalue weighted by Gasteiger charge is 2.33. The van der Waals surface area contributed by atoms with Crippen molar-refractivity contribution in [1.29, 1.82) is 0 Å². The van der Waals surface area contributed by atoms with E-state index in [0.29, 0.717) is 37.1 Å². The maximum Gasteiger partial charge on any atom is 0.246 e. The van der Waals surface area contributed by atoms with E-state index >= 15 is 0 Å². The van der Waals surface area contributed by atoms with E-state index < -0.39 is 11.6 Å². The molecule has 2 aromatic carbocycles. The Hall–Kier alpha value is -4.46. The Kier molecular flexibility index (Phi) is 9.24. The maximum atomic E-state index is 13.0. The van der Waals surface area contributed by atoms with Gasteiger partial charge in [0.25, 0.3) is 0 Å². The van der Waals surface area contributed by atoms with Crippen LogP contribution in [0.3, 0.4) is 0 Å². The molecule has 11 nitrogen and oxygen atoms in total. The second-order valence-corrected chi connectivity index (χ2v) is 12.6. The van der Waals surface area contributed by atoms with E-state index in [1.54, 1.807) is 24.3 Å². The first-order valence-electron chi connectivity index (χ1n) is 14.5. The average molecular weight is 749 g/mol. The van der Waals surface area contributed by atoms with Crippen molar-refractivity contribution < 1.29 is 28.0 Å². The molecule has 0 unspecified atom stereocenters. The first-order valence-corrected chi connectivity index (χ1v) is 16.1. The Bertz CT molecular complexity index is 1800. The third-order valence-corrected chi connectivity index (χ3v) is 8.37. The first-order chi connectivity index (χ1) is 22.2. The number of benzene rings is 2. The summed E-state index contributed by atoms with van der Waals surface area (Å²) in [5, 5.41) is 6.12. The van der Waals surface area contributed by atoms with Crippen molar-refractivity contribution >= 4 is 55.0 Å². The van der Waals surface area contributed by atoms with Crippen LogP contribution in [0, 0.1) is 0 Å². The number of nitrogens with zero attached hydrogens (tertiary/aromatic N) is 3. The highest BCUT2D eigenvalue weighted by atomic mass is 79.9. The minimum atomic E-state index is -0.408. The second-order valence-electron chi connectivity index (χ2n) is 10.8. The zero-order chi connectivity index (χ0) is 32.4. The van der Waals surface area contributed by atoms with Gasteiger partial charge in [-0.15, -0.1) is 0 Å². The number of allylic oxidation sites excluding steroid dienone is 4. The molecule has 2 aliphatic rings. The maximum absolute atomic E-state index is 13.0. The molecule has 2 heterocycles. The summed E-state index contributed by atoms with van der Waals surface area (Å²) in [6, 6.07) is 14.5. The summed E-state index contributed by atoms with van der Waals surface area (Å²) >= 11 is 6.80. The van der Waals surface area contributed by atoms with Crippen molar-refractivity contribution in [2.75, 3.05) is 33.2 Å². The Labute approximate surface area is 280 Å². The van der Waals surface area contributed by atoms with Crippen molar-refractivity contribution in [3.05, 3.63) is 104 Å². The van der Waals surface area contributed by atoms with Crippen LogP contribution in [0.5, 0.6) is 0 Å². The summed E-state index contributed by atoms with van der Waals surface area (Å²) in [5.74, 6) is -1.29. The van der Waals surface area contributed by atoms with E-state index in [9.17, 15) is 19.2 Å². The molecule has 2 N–H and O–H groups in total. The van der Waals surface area contributed by atoms with Gasteiger partial charge in [-0.2, -0.15) is 0 Å². The number of aromatic nitrogens is 2. The monoisotopic (exact) mass is 747 g/mol. The van der Waals surface area contributed by atoms with Crippen molar-refractivity contribution in [3.8, 4) is 22.9 Å². The van der Waals surface area contributed by atoms with Crippen LogP contribution in [0.2, 0.25) is 0 Å². The average Bonchev–Trinajstić information content (AvgIpc) is 3.69. The Morgan fingerprint density at radius 1 is 0.696 bits per heavy atom. The molecule has 0 aliphatic heterocycles. The largest absolute Gasteiger partial charge is 0.432 e. The molecule has 0 fully saturated rings. The van der Waals surface area contributed by atoms with Gasteiger partial charge in [0.2, 0.25) is 46.4 Å². The van der Waals surface area contributed by atoms with Crippen molar-refractivity contribution in [1.82, 2.24) is 25.5 Å². The highest BCUT2D eigenvalue weighted by Crippen LogP contribution is 2.30. The number of hydrogen-bond donors (Lipinski definition) is 2. The van der Waals surface area contributed by atoms with Gasteiger partial charge >= 0.3 is 0 Å². The van der Waals surface area contributed by atoms with Gasteiger partial charge in [0.1, 0.15) is 0 Å². The number of halogens is 2. The van der Waals surface area contributed by atoms with Gasteiger partial charge in [-0.3, -0.25) is 19.2 Å². The number of hydrogen-bond acceptors (Lipinski definition) is 11. The van der Waals surface area contributed by atoms with Crippen LogP contribution in [0.1, 0.15) is 54.9 Å². The van der Waals surface area contributed by atoms with Crippen molar-refractivity contribution in [2.24, 2.45) is 0 Å². The zero-order valence-corrected chi connectivity index (χ0v) is 27.7. The minimum Gasteiger partial charge on any atom is -0.432 e. The van der Waals surface area contributed by atoms with Crippen molar-refractivity contribution in [2.45, 2.75) is 12.8 Å². The van der Waals surface area contributed by atoms with Gasteiger partial charge in [-0.1, -0.05) is 44.0 Å². The smallest absolute Gasteiger partial charge is 0.246 e. The number of nitrogens with one attached hydrogen (secondary N) is 2. The van der Waals surface area contributed by atoms with Crippen LogP contribution in [0.4, 0.5) is 0 Å². The molecule has 0 amide bonds. The Balaban J connectivity index is 0.935. The number of oxazole rings is 2. The summed E-state index contributed by atoms with van der Waals surface area (Å²) in [7, 11) is 1.97. The van der Waals surface area contributed by atoms with E-state index in [-0.39, 0.29) is 57.7 Å². The molecule has 2 aliphatic carbocycles. The zero-order valence-electron chi connectivity index (χ0n) is 24.6. The van der Waals surface area contributed by atoms with Crippen LogP contribution >= 0.6 is 31.9 Å². The number of carbonyl (C=O) groups is 4. The molecule has 0 saturated heterocycles. The Morgan fingerprint density at radius 2 is 1.13 bits per heavy atom. The SMILES string of the molecule is CN(CCCNC1=CC(=O)c2nc(-c3cccc(Br)c3)oc2C1=O)CCCNC1=CC(=O)c2nc(-c3cccc(Br)c3)oc2C1=O. The lowest BCUT2D eigenvalue weighted by Gasteiger charge is -2.18. The molecule has 4 aromatic rings. The van der Waals surface area contributed by atoms with E-state index in [0.717, 1.165) is 22.0 Å². The molecular weight excluding hydrogens is 722 g/mol. The Morgan fingerprint density at radius 3 is 1.54 bits per heavy atom. The van der Waals surface area contributed by atoms with E-state index in [1.807, 2.05) is 31.3 Å². The lowest BCUT2D eigenvalue weighted by Crippen LogP contribution is -2.31. The van der Waals surface area contributed by atoms with Crippen LogP contribution in [0.15, 0.2) is 89.9 Å². The molecule has 2 aromatic heterocycles. The van der Waals surface area contributed by atoms with Crippen LogP contribution in [-0.2, 0) is 0 Å². The number of carbonyl (C=O) groups excluding carboxylic acids is 4. The molecule has 0 atom stereocenters. The molecule has 13 heteroatoms. The minimum absolute atomic E-state index is 0.0144. The molecule has 234 valence electrons. The molecule has 46 heavy (non-hydrogen) atoms. The molecule has 0 spiro atoms. The van der Waals surface area contributed by atoms with Crippen molar-refractivity contribution in [3.63, 3.8) is 0 Å². The van der Waals surface area contributed by atoms with Crippen LogP contribution < -0.4 is 10.6 Å². The predicted molar refractivity (Wildman–Crippen MR) is 176 cm³/mol. The lowest BCUT2D eigenvalue weighted by molar-refractivity contribution is 0.0956. The quantitative estimate of drug-likeness (QED) is 0.174. The fourth-order valence-electron chi connectivity index (χ4n) is 5.07. The highest BCUT2D eigenvalue weighted by molar-refractivity contribution is 9.10. The van der Waals surface area contributed by atoms with E-state index in [4.69, 9.17) is 8.83 Å². The molecule has 0 radical (unpaired) electrons. The fourth-order valence-corrected chi connectivity index (χ4v) is 5.86. The van der Waals surface area contributed by atoms with Gasteiger partial charge in [0, 0.05) is 45.3 Å². The molecule has 0 bridgehead atoms. The predicted octanol–water partition coefficient (Wildman–Crippen LogP) is 5.64. The second kappa shape index (κ2) is 13.5. The number of Topliss-reactive ketones (excluding diaryl/α,β-unsaturated/α-hetero) is 2. The lowest BCUT2D eigenvalue weighted by atomic mass is 10.0. The van der Waals surface area contributed by atoms with E-state index in [2.05, 4.69) is 57.4 Å². The fraction of sp³-hybridized carbons (Fsp3) is 0.212. The normalized spacial score (nSPS) is 14.3. The summed E-state index contributed by atoms with van der Waals surface area (Å²) in [6.45, 7) is 2.40. The number of ketones is 4. The van der Waals surface area contributed by atoms with Gasteiger partial charge in [0.05, 0.1) is 11.4 Å². The summed E-state index contributed by atoms with van der Waals surface area (Å²) in [4.78, 5) is 61.9. The van der Waals surface area contributed by atoms with Gasteiger partial charge in [-0.25, -0.2) is 9.97 Å². The topological polar surface area (TPSA) is 148 Å².